The quantitative estimate of drug-likeness (QED) is 0.0209. The van der Waals surface area contributed by atoms with Crippen molar-refractivity contribution in [3.63, 3.8) is 0 Å². The summed E-state index contributed by atoms with van der Waals surface area (Å²) >= 11 is 0. The molecule has 0 aliphatic rings. The van der Waals surface area contributed by atoms with E-state index in [0.717, 1.165) is 63.2 Å². The van der Waals surface area contributed by atoms with Crippen LogP contribution >= 0.6 is 0 Å². The van der Waals surface area contributed by atoms with E-state index in [1.807, 2.05) is 24.3 Å². The molecule has 4 rings (SSSR count). The second-order valence-corrected chi connectivity index (χ2v) is 14.6. The van der Waals surface area contributed by atoms with Crippen molar-refractivity contribution in [1.82, 2.24) is 0 Å². The Morgan fingerprint density at radius 2 is 0.707 bits per heavy atom. The number of hydrogen-bond donors (Lipinski definition) is 0. The zero-order valence-corrected chi connectivity index (χ0v) is 34.5. The molecule has 4 aromatic rings. The van der Waals surface area contributed by atoms with Crippen molar-refractivity contribution in [2.24, 2.45) is 0 Å². The Bertz CT molecular complexity index is 1640. The van der Waals surface area contributed by atoms with Crippen LogP contribution in [0.5, 0.6) is 23.0 Å². The number of unbranched alkanes of at least 4 members (excludes halogenated alkanes) is 16. The lowest BCUT2D eigenvalue weighted by Crippen LogP contribution is -2.10. The third kappa shape index (κ3) is 17.5. The van der Waals surface area contributed by atoms with Crippen molar-refractivity contribution >= 4 is 22.7 Å². The minimum absolute atomic E-state index is 0.377. The second kappa shape index (κ2) is 28.2. The molecule has 0 radical (unpaired) electrons. The summed E-state index contributed by atoms with van der Waals surface area (Å²) in [7, 11) is 0. The van der Waals surface area contributed by atoms with E-state index in [1.165, 1.54) is 89.6 Å². The smallest absolute Gasteiger partial charge is 0.343 e. The minimum Gasteiger partial charge on any atom is -0.502 e. The van der Waals surface area contributed by atoms with Crippen LogP contribution in [0.3, 0.4) is 0 Å². The van der Waals surface area contributed by atoms with Crippen LogP contribution in [0.4, 0.5) is 0 Å². The lowest BCUT2D eigenvalue weighted by atomic mass is 10.1. The first-order valence-electron chi connectivity index (χ1n) is 21.5. The van der Waals surface area contributed by atoms with Crippen molar-refractivity contribution in [2.45, 2.75) is 116 Å². The molecule has 8 heteroatoms. The van der Waals surface area contributed by atoms with Gasteiger partial charge in [0.25, 0.3) is 0 Å². The third-order valence-electron chi connectivity index (χ3n) is 10.0. The highest BCUT2D eigenvalue weighted by molar-refractivity contribution is 6.00. The summed E-state index contributed by atoms with van der Waals surface area (Å²) in [6.45, 7) is 9.96. The van der Waals surface area contributed by atoms with E-state index in [9.17, 15) is 9.59 Å². The lowest BCUT2D eigenvalue weighted by Gasteiger charge is -2.12. The third-order valence-corrected chi connectivity index (χ3v) is 10.0. The minimum atomic E-state index is -0.484. The van der Waals surface area contributed by atoms with E-state index in [1.54, 1.807) is 60.7 Å². The molecule has 0 atom stereocenters. The number of fused-ring (bicyclic) bond motifs is 1. The fourth-order valence-corrected chi connectivity index (χ4v) is 6.71. The predicted octanol–water partition coefficient (Wildman–Crippen LogP) is 13.4. The van der Waals surface area contributed by atoms with Gasteiger partial charge < -0.3 is 28.4 Å². The molecule has 0 fully saturated rings. The number of carbonyl (C=O) groups excluding carboxylic acids is 2. The van der Waals surface area contributed by atoms with E-state index < -0.39 is 11.9 Å². The van der Waals surface area contributed by atoms with Crippen LogP contribution in [0.25, 0.3) is 10.8 Å². The topological polar surface area (TPSA) is 89.5 Å². The molecule has 0 heterocycles. The normalized spacial score (nSPS) is 10.8. The first-order chi connectivity index (χ1) is 28.6. The molecule has 0 N–H and O–H groups in total. The summed E-state index contributed by atoms with van der Waals surface area (Å²) in [5.41, 5.74) is 0.827. The van der Waals surface area contributed by atoms with Crippen LogP contribution in [0.2, 0.25) is 0 Å². The van der Waals surface area contributed by atoms with E-state index in [2.05, 4.69) is 13.2 Å². The molecule has 8 nitrogen and oxygen atoms in total. The molecule has 4 aromatic carbocycles. The Kier molecular flexibility index (Phi) is 22.1. The van der Waals surface area contributed by atoms with Gasteiger partial charge in [-0.1, -0.05) is 127 Å². The fraction of sp³-hybridized carbons (Fsp3) is 0.440. The van der Waals surface area contributed by atoms with Crippen LogP contribution in [0, 0.1) is 0 Å². The number of ether oxygens (including phenoxy) is 6. The number of carbonyl (C=O) groups is 2. The lowest BCUT2D eigenvalue weighted by molar-refractivity contribution is 0.0723. The SMILES string of the molecule is C=COCCCCCCCCCCCOc1ccc(C(=O)Oc2ccc(OC(=O)c3ccc(OCCCCCCCCCCCOC=C)cc3)c3ccccc23)cc1. The molecular formula is C50H64O8. The van der Waals surface area contributed by atoms with Crippen LogP contribution in [-0.2, 0) is 9.47 Å². The highest BCUT2D eigenvalue weighted by Crippen LogP contribution is 2.34. The summed E-state index contributed by atoms with van der Waals surface area (Å²) < 4.78 is 33.8. The van der Waals surface area contributed by atoms with Crippen molar-refractivity contribution < 1.29 is 38.0 Å². The summed E-state index contributed by atoms with van der Waals surface area (Å²) in [6, 6.07) is 24.7. The largest absolute Gasteiger partial charge is 0.502 e. The molecule has 312 valence electrons. The van der Waals surface area contributed by atoms with Crippen LogP contribution in [0.1, 0.15) is 136 Å². The van der Waals surface area contributed by atoms with Crippen LogP contribution < -0.4 is 18.9 Å². The van der Waals surface area contributed by atoms with Crippen molar-refractivity contribution in [3.8, 4) is 23.0 Å². The first-order valence-corrected chi connectivity index (χ1v) is 21.5. The van der Waals surface area contributed by atoms with E-state index in [-0.39, 0.29) is 0 Å². The highest BCUT2D eigenvalue weighted by Gasteiger charge is 2.16. The monoisotopic (exact) mass is 792 g/mol. The van der Waals surface area contributed by atoms with Gasteiger partial charge in [0.1, 0.15) is 23.0 Å². The molecule has 0 saturated carbocycles. The fourth-order valence-electron chi connectivity index (χ4n) is 6.71. The van der Waals surface area contributed by atoms with Gasteiger partial charge in [-0.25, -0.2) is 9.59 Å². The van der Waals surface area contributed by atoms with Gasteiger partial charge in [-0.2, -0.15) is 0 Å². The van der Waals surface area contributed by atoms with Gasteiger partial charge in [0.15, 0.2) is 0 Å². The number of benzene rings is 4. The Morgan fingerprint density at radius 3 is 1.03 bits per heavy atom. The van der Waals surface area contributed by atoms with Crippen molar-refractivity contribution in [2.75, 3.05) is 26.4 Å². The van der Waals surface area contributed by atoms with E-state index in [0.29, 0.717) is 46.6 Å². The molecule has 0 aromatic heterocycles. The van der Waals surface area contributed by atoms with Gasteiger partial charge in [0, 0.05) is 10.8 Å². The molecule has 0 bridgehead atoms. The first kappa shape index (κ1) is 45.5. The van der Waals surface area contributed by atoms with Gasteiger partial charge in [-0.3, -0.25) is 0 Å². The second-order valence-electron chi connectivity index (χ2n) is 14.6. The van der Waals surface area contributed by atoms with Gasteiger partial charge in [-0.05, 0) is 86.3 Å². The maximum Gasteiger partial charge on any atom is 0.343 e. The molecule has 0 unspecified atom stereocenters. The van der Waals surface area contributed by atoms with Crippen LogP contribution in [0.15, 0.2) is 111 Å². The molecular weight excluding hydrogens is 729 g/mol. The summed E-state index contributed by atoms with van der Waals surface area (Å²) in [4.78, 5) is 26.3. The summed E-state index contributed by atoms with van der Waals surface area (Å²) in [5.74, 6) is 1.23. The predicted molar refractivity (Wildman–Crippen MR) is 233 cm³/mol. The van der Waals surface area contributed by atoms with Crippen molar-refractivity contribution in [3.05, 3.63) is 122 Å². The zero-order chi connectivity index (χ0) is 40.9. The maximum atomic E-state index is 13.1. The molecule has 0 amide bonds. The summed E-state index contributed by atoms with van der Waals surface area (Å²) in [6.07, 6.45) is 24.5. The Morgan fingerprint density at radius 1 is 0.397 bits per heavy atom. The Hall–Kier alpha value is -5.24. The molecule has 0 spiro atoms. The number of esters is 2. The maximum absolute atomic E-state index is 13.1. The van der Waals surface area contributed by atoms with Gasteiger partial charge in [0.2, 0.25) is 0 Å². The Labute approximate surface area is 346 Å². The van der Waals surface area contributed by atoms with Gasteiger partial charge >= 0.3 is 11.9 Å². The van der Waals surface area contributed by atoms with Crippen molar-refractivity contribution in [1.29, 1.82) is 0 Å². The molecule has 58 heavy (non-hydrogen) atoms. The standard InChI is InChI=1S/C50H64O8/c1-3-53-37-21-15-11-7-5-9-13-17-23-39-55-43-31-27-41(28-32-43)49(51)57-47-35-36-48(46-26-20-19-25-45(46)47)58-50(52)42-29-33-44(34-30-42)56-40-24-18-14-10-6-8-12-16-22-38-54-4-2/h3-4,19-20,25-36H,1-2,5-18,21-24,37-40H2. The Balaban J connectivity index is 1.14. The zero-order valence-electron chi connectivity index (χ0n) is 34.5. The molecule has 0 aliphatic heterocycles. The average Bonchev–Trinajstić information content (AvgIpc) is 3.25. The van der Waals surface area contributed by atoms with Crippen LogP contribution in [-0.4, -0.2) is 38.4 Å². The number of hydrogen-bond acceptors (Lipinski definition) is 8. The molecule has 0 aliphatic carbocycles. The van der Waals surface area contributed by atoms with Gasteiger partial charge in [-0.15, -0.1) is 0 Å². The average molecular weight is 793 g/mol. The highest BCUT2D eigenvalue weighted by atomic mass is 16.5. The van der Waals surface area contributed by atoms with E-state index >= 15 is 0 Å². The van der Waals surface area contributed by atoms with Gasteiger partial charge in [0.05, 0.1) is 50.1 Å². The van der Waals surface area contributed by atoms with E-state index in [4.69, 9.17) is 28.4 Å². The molecule has 0 saturated heterocycles. The number of rotatable bonds is 32. The summed E-state index contributed by atoms with van der Waals surface area (Å²) in [5, 5.41) is 1.31.